The Morgan fingerprint density at radius 1 is 1.25 bits per heavy atom. The van der Waals surface area contributed by atoms with Crippen LogP contribution >= 0.6 is 23.1 Å². The Morgan fingerprint density at radius 2 is 2.03 bits per heavy atom. The highest BCUT2D eigenvalue weighted by atomic mass is 32.2. The molecule has 0 saturated carbocycles. The van der Waals surface area contributed by atoms with Crippen LogP contribution < -0.4 is 0 Å². The van der Waals surface area contributed by atoms with Gasteiger partial charge < -0.3 is 4.90 Å². The smallest absolute Gasteiger partial charge is 0.233 e. The molecule has 32 heavy (non-hydrogen) atoms. The van der Waals surface area contributed by atoms with Crippen LogP contribution in [0.5, 0.6) is 0 Å². The Kier molecular flexibility index (Phi) is 7.02. The second kappa shape index (κ2) is 9.76. The van der Waals surface area contributed by atoms with E-state index in [9.17, 15) is 13.2 Å². The molecule has 10 heteroatoms. The number of carbonyl (C=O) groups is 1. The molecular formula is C22H26N4O3S3. The Labute approximate surface area is 196 Å². The molecule has 1 fully saturated rings. The lowest BCUT2D eigenvalue weighted by molar-refractivity contribution is -0.132. The third-order valence-electron chi connectivity index (χ3n) is 5.67. The average molecular weight is 491 g/mol. The predicted octanol–water partition coefficient (Wildman–Crippen LogP) is 3.90. The summed E-state index contributed by atoms with van der Waals surface area (Å²) in [5, 5.41) is 11.4. The van der Waals surface area contributed by atoms with Gasteiger partial charge in [0.1, 0.15) is 0 Å². The van der Waals surface area contributed by atoms with Gasteiger partial charge in [-0.1, -0.05) is 43.0 Å². The fraction of sp³-hybridized carbons (Fsp3) is 0.409. The van der Waals surface area contributed by atoms with Gasteiger partial charge in [-0.15, -0.1) is 21.5 Å². The Morgan fingerprint density at radius 3 is 2.66 bits per heavy atom. The van der Waals surface area contributed by atoms with Gasteiger partial charge >= 0.3 is 0 Å². The molecule has 1 aliphatic heterocycles. The van der Waals surface area contributed by atoms with Gasteiger partial charge in [0.25, 0.3) is 0 Å². The summed E-state index contributed by atoms with van der Waals surface area (Å²) in [7, 11) is -3.07. The maximum Gasteiger partial charge on any atom is 0.233 e. The van der Waals surface area contributed by atoms with Crippen LogP contribution in [0, 0.1) is 0 Å². The number of rotatable bonds is 8. The molecule has 3 aromatic rings. The minimum Gasteiger partial charge on any atom is -0.335 e. The number of thioether (sulfide) groups is 1. The van der Waals surface area contributed by atoms with Crippen molar-refractivity contribution in [1.82, 2.24) is 19.7 Å². The molecule has 4 rings (SSSR count). The molecule has 1 saturated heterocycles. The number of benzene rings is 1. The SMILES string of the molecule is CC[C@@H](C)N(C(=O)CSc1nnc(-c2cccs2)n1-c1ccccc1)[C@@H]1CCS(=O)(=O)C1. The van der Waals surface area contributed by atoms with Crippen molar-refractivity contribution in [3.63, 3.8) is 0 Å². The standard InChI is InChI=1S/C22H26N4O3S3/c1-3-16(2)25(18-11-13-32(28,29)15-18)20(27)14-31-22-24-23-21(19-10-7-12-30-19)26(22)17-8-5-4-6-9-17/h4-10,12,16,18H,3,11,13-15H2,1-2H3/t16-,18-/m1/s1. The fourth-order valence-electron chi connectivity index (χ4n) is 3.94. The van der Waals surface area contributed by atoms with Crippen LogP contribution in [-0.4, -0.2) is 63.3 Å². The summed E-state index contributed by atoms with van der Waals surface area (Å²) in [6, 6.07) is 13.5. The minimum absolute atomic E-state index is 0.0185. The first-order valence-electron chi connectivity index (χ1n) is 10.6. The lowest BCUT2D eigenvalue weighted by atomic mass is 10.1. The number of nitrogens with zero attached hydrogens (tertiary/aromatic N) is 4. The molecule has 170 valence electrons. The Balaban J connectivity index is 1.58. The van der Waals surface area contributed by atoms with Crippen molar-refractivity contribution in [2.45, 2.75) is 43.9 Å². The third kappa shape index (κ3) is 4.92. The highest BCUT2D eigenvalue weighted by molar-refractivity contribution is 7.99. The molecule has 0 unspecified atom stereocenters. The van der Waals surface area contributed by atoms with E-state index in [1.807, 2.05) is 66.3 Å². The zero-order valence-corrected chi connectivity index (χ0v) is 20.5. The first-order valence-corrected chi connectivity index (χ1v) is 14.3. The quantitative estimate of drug-likeness (QED) is 0.445. The highest BCUT2D eigenvalue weighted by Crippen LogP contribution is 2.31. The van der Waals surface area contributed by atoms with Crippen molar-refractivity contribution >= 4 is 38.8 Å². The van der Waals surface area contributed by atoms with E-state index in [0.717, 1.165) is 22.8 Å². The first kappa shape index (κ1) is 23.0. The molecule has 0 radical (unpaired) electrons. The first-order chi connectivity index (χ1) is 15.4. The summed E-state index contributed by atoms with van der Waals surface area (Å²) >= 11 is 2.92. The van der Waals surface area contributed by atoms with Gasteiger partial charge in [-0.2, -0.15) is 0 Å². The zero-order valence-electron chi connectivity index (χ0n) is 18.0. The number of sulfone groups is 1. The third-order valence-corrected chi connectivity index (χ3v) is 9.20. The largest absolute Gasteiger partial charge is 0.335 e. The fourth-order valence-corrected chi connectivity index (χ4v) is 7.17. The zero-order chi connectivity index (χ0) is 22.7. The van der Waals surface area contributed by atoms with E-state index < -0.39 is 9.84 Å². The number of amides is 1. The van der Waals surface area contributed by atoms with Crippen LogP contribution in [0.2, 0.25) is 0 Å². The van der Waals surface area contributed by atoms with E-state index in [0.29, 0.717) is 11.6 Å². The number of hydrogen-bond acceptors (Lipinski definition) is 7. The van der Waals surface area contributed by atoms with E-state index in [-0.39, 0.29) is 35.2 Å². The van der Waals surface area contributed by atoms with Crippen molar-refractivity contribution in [3.8, 4) is 16.4 Å². The summed E-state index contributed by atoms with van der Waals surface area (Å²) in [6.07, 6.45) is 1.28. The Hall–Kier alpha value is -2.17. The molecule has 2 atom stereocenters. The van der Waals surface area contributed by atoms with E-state index in [4.69, 9.17) is 0 Å². The van der Waals surface area contributed by atoms with Crippen LogP contribution in [0.1, 0.15) is 26.7 Å². The van der Waals surface area contributed by atoms with E-state index in [1.54, 1.807) is 16.2 Å². The average Bonchev–Trinajstić information content (AvgIpc) is 3.52. The summed E-state index contributed by atoms with van der Waals surface area (Å²) in [4.78, 5) is 16.0. The maximum atomic E-state index is 13.3. The molecule has 3 heterocycles. The maximum absolute atomic E-state index is 13.3. The number of para-hydroxylation sites is 1. The molecule has 2 aromatic heterocycles. The van der Waals surface area contributed by atoms with Crippen molar-refractivity contribution in [2.75, 3.05) is 17.3 Å². The number of aromatic nitrogens is 3. The topological polar surface area (TPSA) is 85.2 Å². The monoisotopic (exact) mass is 490 g/mol. The molecule has 1 aliphatic rings. The molecule has 7 nitrogen and oxygen atoms in total. The molecule has 0 N–H and O–H groups in total. The van der Waals surface area contributed by atoms with Crippen molar-refractivity contribution in [1.29, 1.82) is 0 Å². The van der Waals surface area contributed by atoms with Crippen LogP contribution in [0.3, 0.4) is 0 Å². The molecule has 0 bridgehead atoms. The summed E-state index contributed by atoms with van der Waals surface area (Å²) in [5.41, 5.74) is 0.927. The lowest BCUT2D eigenvalue weighted by Crippen LogP contribution is -2.47. The second-order valence-corrected chi connectivity index (χ2v) is 12.0. The van der Waals surface area contributed by atoms with Gasteiger partial charge in [0.15, 0.2) is 20.8 Å². The molecular weight excluding hydrogens is 464 g/mol. The van der Waals surface area contributed by atoms with Crippen LogP contribution in [-0.2, 0) is 14.6 Å². The second-order valence-electron chi connectivity index (χ2n) is 7.86. The number of thiophene rings is 1. The van der Waals surface area contributed by atoms with Gasteiger partial charge in [0, 0.05) is 17.8 Å². The molecule has 0 aliphatic carbocycles. The van der Waals surface area contributed by atoms with E-state index >= 15 is 0 Å². The van der Waals surface area contributed by atoms with Gasteiger partial charge in [-0.25, -0.2) is 8.42 Å². The van der Waals surface area contributed by atoms with E-state index in [2.05, 4.69) is 10.2 Å². The molecule has 0 spiro atoms. The van der Waals surface area contributed by atoms with E-state index in [1.165, 1.54) is 11.8 Å². The number of carbonyl (C=O) groups excluding carboxylic acids is 1. The van der Waals surface area contributed by atoms with Gasteiger partial charge in [-0.3, -0.25) is 9.36 Å². The summed E-state index contributed by atoms with van der Waals surface area (Å²) < 4.78 is 26.0. The lowest BCUT2D eigenvalue weighted by Gasteiger charge is -2.33. The van der Waals surface area contributed by atoms with Crippen molar-refractivity contribution in [2.24, 2.45) is 0 Å². The summed E-state index contributed by atoms with van der Waals surface area (Å²) in [6.45, 7) is 4.00. The summed E-state index contributed by atoms with van der Waals surface area (Å²) in [5.74, 6) is 1.05. The van der Waals surface area contributed by atoms with Gasteiger partial charge in [0.05, 0.1) is 22.1 Å². The van der Waals surface area contributed by atoms with Crippen LogP contribution in [0.15, 0.2) is 53.0 Å². The minimum atomic E-state index is -3.07. The molecule has 1 amide bonds. The predicted molar refractivity (Wildman–Crippen MR) is 129 cm³/mol. The van der Waals surface area contributed by atoms with Gasteiger partial charge in [0.2, 0.25) is 5.91 Å². The number of hydrogen-bond donors (Lipinski definition) is 0. The Bertz CT molecular complexity index is 1160. The van der Waals surface area contributed by atoms with Crippen molar-refractivity contribution < 1.29 is 13.2 Å². The van der Waals surface area contributed by atoms with Crippen molar-refractivity contribution in [3.05, 3.63) is 47.8 Å². The highest BCUT2D eigenvalue weighted by Gasteiger charge is 2.36. The van der Waals surface area contributed by atoms with Gasteiger partial charge in [-0.05, 0) is 43.3 Å². The molecule has 1 aromatic carbocycles. The van der Waals surface area contributed by atoms with Crippen LogP contribution in [0.4, 0.5) is 0 Å². The normalized spacial score (nSPS) is 18.5. The van der Waals surface area contributed by atoms with Crippen LogP contribution in [0.25, 0.3) is 16.4 Å².